The Labute approximate surface area is 169 Å². The van der Waals surface area contributed by atoms with Gasteiger partial charge in [0.15, 0.2) is 0 Å². The summed E-state index contributed by atoms with van der Waals surface area (Å²) in [4.78, 5) is 51.6. The van der Waals surface area contributed by atoms with Gasteiger partial charge in [-0.1, -0.05) is 0 Å². The molecule has 0 saturated carbocycles. The van der Waals surface area contributed by atoms with E-state index in [0.717, 1.165) is 0 Å². The van der Waals surface area contributed by atoms with Crippen molar-refractivity contribution < 1.29 is 24.3 Å². The fourth-order valence-corrected chi connectivity index (χ4v) is 3.89. The smallest absolute Gasteiger partial charge is 0.308 e. The first-order valence-electron chi connectivity index (χ1n) is 9.98. The van der Waals surface area contributed by atoms with Gasteiger partial charge in [-0.05, 0) is 51.0 Å². The van der Waals surface area contributed by atoms with Gasteiger partial charge in [-0.3, -0.25) is 19.2 Å². The molecule has 1 aromatic carbocycles. The van der Waals surface area contributed by atoms with Crippen LogP contribution in [0.3, 0.4) is 0 Å². The van der Waals surface area contributed by atoms with E-state index in [2.05, 4.69) is 5.32 Å². The van der Waals surface area contributed by atoms with Crippen molar-refractivity contribution in [1.82, 2.24) is 9.80 Å². The van der Waals surface area contributed by atoms with Crippen molar-refractivity contribution >= 4 is 29.4 Å². The molecule has 156 valence electrons. The van der Waals surface area contributed by atoms with E-state index in [-0.39, 0.29) is 42.6 Å². The number of likely N-dealkylation sites (tertiary alicyclic amines) is 2. The average Bonchev–Trinajstić information content (AvgIpc) is 3.10. The van der Waals surface area contributed by atoms with Gasteiger partial charge >= 0.3 is 5.97 Å². The first kappa shape index (κ1) is 20.8. The number of nitrogens with zero attached hydrogens (tertiary/aromatic N) is 2. The zero-order valence-corrected chi connectivity index (χ0v) is 16.8. The van der Waals surface area contributed by atoms with E-state index in [1.807, 2.05) is 13.8 Å². The number of piperidine rings is 1. The summed E-state index contributed by atoms with van der Waals surface area (Å²) in [5, 5.41) is 12.0. The Hall–Kier alpha value is -2.90. The molecule has 0 bridgehead atoms. The number of anilines is 1. The number of carboxylic acids is 1. The number of hydrogen-bond donors (Lipinski definition) is 2. The number of carboxylic acid groups (broad SMARTS) is 1. The molecule has 2 N–H and O–H groups in total. The molecular weight excluding hydrogens is 374 g/mol. The van der Waals surface area contributed by atoms with Gasteiger partial charge in [0.1, 0.15) is 0 Å². The van der Waals surface area contributed by atoms with Gasteiger partial charge in [-0.15, -0.1) is 0 Å². The summed E-state index contributed by atoms with van der Waals surface area (Å²) < 4.78 is 0. The lowest BCUT2D eigenvalue weighted by Crippen LogP contribution is -2.42. The van der Waals surface area contributed by atoms with Crippen LogP contribution in [0, 0.1) is 11.8 Å². The van der Waals surface area contributed by atoms with Gasteiger partial charge in [0.05, 0.1) is 11.8 Å². The molecule has 0 radical (unpaired) electrons. The van der Waals surface area contributed by atoms with Crippen LogP contribution < -0.4 is 5.32 Å². The first-order valence-corrected chi connectivity index (χ1v) is 9.98. The maximum Gasteiger partial charge on any atom is 0.308 e. The summed E-state index contributed by atoms with van der Waals surface area (Å²) in [6, 6.07) is 6.63. The minimum atomic E-state index is -0.873. The van der Waals surface area contributed by atoms with E-state index in [1.54, 1.807) is 34.1 Å². The largest absolute Gasteiger partial charge is 0.481 e. The Morgan fingerprint density at radius 1 is 1.10 bits per heavy atom. The minimum absolute atomic E-state index is 0.0118. The van der Waals surface area contributed by atoms with Gasteiger partial charge in [0.2, 0.25) is 11.8 Å². The highest BCUT2D eigenvalue weighted by Crippen LogP contribution is 2.23. The van der Waals surface area contributed by atoms with E-state index < -0.39 is 11.9 Å². The first-order chi connectivity index (χ1) is 13.8. The summed E-state index contributed by atoms with van der Waals surface area (Å²) in [5.74, 6) is -2.20. The quantitative estimate of drug-likeness (QED) is 0.783. The number of benzene rings is 1. The van der Waals surface area contributed by atoms with Gasteiger partial charge in [0.25, 0.3) is 5.91 Å². The van der Waals surface area contributed by atoms with Crippen molar-refractivity contribution in [2.45, 2.75) is 39.2 Å². The topological polar surface area (TPSA) is 107 Å². The molecule has 0 spiro atoms. The van der Waals surface area contributed by atoms with Crippen LogP contribution in [0.4, 0.5) is 5.69 Å². The van der Waals surface area contributed by atoms with Crippen LogP contribution in [-0.4, -0.2) is 64.3 Å². The molecule has 0 aliphatic carbocycles. The number of nitrogens with one attached hydrogen (secondary N) is 1. The summed E-state index contributed by atoms with van der Waals surface area (Å²) in [6.07, 6.45) is 1.46. The third-order valence-electron chi connectivity index (χ3n) is 5.61. The van der Waals surface area contributed by atoms with Crippen LogP contribution in [0.15, 0.2) is 24.3 Å². The predicted molar refractivity (Wildman–Crippen MR) is 106 cm³/mol. The zero-order chi connectivity index (χ0) is 21.1. The van der Waals surface area contributed by atoms with E-state index in [9.17, 15) is 24.3 Å². The van der Waals surface area contributed by atoms with Crippen molar-refractivity contribution in [3.8, 4) is 0 Å². The van der Waals surface area contributed by atoms with Crippen molar-refractivity contribution in [1.29, 1.82) is 0 Å². The van der Waals surface area contributed by atoms with Gasteiger partial charge in [0, 0.05) is 43.3 Å². The lowest BCUT2D eigenvalue weighted by atomic mass is 9.97. The number of aliphatic carboxylic acids is 1. The van der Waals surface area contributed by atoms with Gasteiger partial charge < -0.3 is 20.2 Å². The Morgan fingerprint density at radius 2 is 1.79 bits per heavy atom. The number of hydrogen-bond acceptors (Lipinski definition) is 4. The number of carbonyl (C=O) groups excluding carboxylic acids is 3. The standard InChI is InChI=1S/C21H27N3O5/c1-13(2)24-12-16(10-18(24)25)19(26)22-17-7-5-14(6-8-17)20(27)23-9-3-4-15(11-23)21(28)29/h5-8,13,15-16H,3-4,9-12H2,1-2H3,(H,22,26)(H,28,29)/t15-,16+/m1/s1. The highest BCUT2D eigenvalue weighted by atomic mass is 16.4. The summed E-state index contributed by atoms with van der Waals surface area (Å²) in [5.41, 5.74) is 1.01. The SMILES string of the molecule is CC(C)N1C[C@@H](C(=O)Nc2ccc(C(=O)N3CCC[C@@H](C(=O)O)C3)cc2)CC1=O. The van der Waals surface area contributed by atoms with Gasteiger partial charge in [-0.2, -0.15) is 0 Å². The van der Waals surface area contributed by atoms with Crippen LogP contribution in [-0.2, 0) is 14.4 Å². The van der Waals surface area contributed by atoms with Crippen molar-refractivity contribution in [2.24, 2.45) is 11.8 Å². The second-order valence-electron chi connectivity index (χ2n) is 8.04. The highest BCUT2D eigenvalue weighted by molar-refractivity contribution is 5.98. The normalized spacial score (nSPS) is 22.1. The molecule has 2 atom stereocenters. The molecule has 8 heteroatoms. The van der Waals surface area contributed by atoms with Crippen molar-refractivity contribution in [3.63, 3.8) is 0 Å². The molecule has 2 heterocycles. The molecule has 2 aliphatic rings. The van der Waals surface area contributed by atoms with Crippen LogP contribution in [0.1, 0.15) is 43.5 Å². The predicted octanol–water partition coefficient (Wildman–Crippen LogP) is 1.82. The second kappa shape index (κ2) is 8.63. The maximum atomic E-state index is 12.6. The number of amides is 3. The molecule has 1 aromatic rings. The van der Waals surface area contributed by atoms with Crippen molar-refractivity contribution in [2.75, 3.05) is 25.0 Å². The van der Waals surface area contributed by atoms with Gasteiger partial charge in [-0.25, -0.2) is 0 Å². The molecule has 3 amide bonds. The molecule has 8 nitrogen and oxygen atoms in total. The Kier molecular flexibility index (Phi) is 6.20. The van der Waals surface area contributed by atoms with E-state index in [1.165, 1.54) is 0 Å². The Morgan fingerprint density at radius 3 is 2.38 bits per heavy atom. The third-order valence-corrected chi connectivity index (χ3v) is 5.61. The van der Waals surface area contributed by atoms with Crippen molar-refractivity contribution in [3.05, 3.63) is 29.8 Å². The Bertz CT molecular complexity index is 805. The average molecular weight is 401 g/mol. The monoisotopic (exact) mass is 401 g/mol. The lowest BCUT2D eigenvalue weighted by Gasteiger charge is -2.30. The second-order valence-corrected chi connectivity index (χ2v) is 8.04. The van der Waals surface area contributed by atoms with Crippen LogP contribution in [0.5, 0.6) is 0 Å². The molecule has 2 saturated heterocycles. The lowest BCUT2D eigenvalue weighted by molar-refractivity contribution is -0.143. The van der Waals surface area contributed by atoms with E-state index in [4.69, 9.17) is 0 Å². The molecule has 3 rings (SSSR count). The zero-order valence-electron chi connectivity index (χ0n) is 16.8. The molecule has 29 heavy (non-hydrogen) atoms. The highest BCUT2D eigenvalue weighted by Gasteiger charge is 2.35. The molecular formula is C21H27N3O5. The summed E-state index contributed by atoms with van der Waals surface area (Å²) in [6.45, 7) is 5.03. The summed E-state index contributed by atoms with van der Waals surface area (Å²) in [7, 11) is 0. The summed E-state index contributed by atoms with van der Waals surface area (Å²) >= 11 is 0. The van der Waals surface area contributed by atoms with Crippen LogP contribution >= 0.6 is 0 Å². The van der Waals surface area contributed by atoms with Crippen LogP contribution in [0.25, 0.3) is 0 Å². The van der Waals surface area contributed by atoms with E-state index >= 15 is 0 Å². The van der Waals surface area contributed by atoms with E-state index in [0.29, 0.717) is 37.2 Å². The third kappa shape index (κ3) is 4.75. The molecule has 0 unspecified atom stereocenters. The van der Waals surface area contributed by atoms with Crippen LogP contribution in [0.2, 0.25) is 0 Å². The molecule has 0 aromatic heterocycles. The number of rotatable bonds is 5. The number of carbonyl (C=O) groups is 4. The maximum absolute atomic E-state index is 12.6. The fraction of sp³-hybridized carbons (Fsp3) is 0.524. The molecule has 2 aliphatic heterocycles. The Balaban J connectivity index is 1.59. The fourth-order valence-electron chi connectivity index (χ4n) is 3.89. The minimum Gasteiger partial charge on any atom is -0.481 e. The molecule has 2 fully saturated rings.